The number of rotatable bonds is 2. The second kappa shape index (κ2) is 5.91. The molecule has 1 aliphatic heterocycles. The summed E-state index contributed by atoms with van der Waals surface area (Å²) in [6.45, 7) is 11.8. The van der Waals surface area contributed by atoms with Crippen molar-refractivity contribution in [3.63, 3.8) is 0 Å². The second-order valence-corrected chi connectivity index (χ2v) is 7.61. The Morgan fingerprint density at radius 2 is 2.17 bits per heavy atom. The van der Waals surface area contributed by atoms with E-state index in [0.717, 1.165) is 31.3 Å². The van der Waals surface area contributed by atoms with Crippen LogP contribution in [0.4, 0.5) is 0 Å². The lowest BCUT2D eigenvalue weighted by molar-refractivity contribution is -0.145. The van der Waals surface area contributed by atoms with Gasteiger partial charge in [-0.05, 0) is 57.4 Å². The Morgan fingerprint density at radius 3 is 2.83 bits per heavy atom. The zero-order chi connectivity index (χ0) is 17.6. The number of fused-ring (bicyclic) bond motifs is 2. The van der Waals surface area contributed by atoms with Crippen LogP contribution in [0.2, 0.25) is 0 Å². The van der Waals surface area contributed by atoms with Gasteiger partial charge in [0.15, 0.2) is 0 Å². The molecule has 0 bridgehead atoms. The van der Waals surface area contributed by atoms with Gasteiger partial charge < -0.3 is 9.47 Å². The van der Waals surface area contributed by atoms with Crippen LogP contribution in [0.1, 0.15) is 53.4 Å². The molecule has 3 aliphatic rings. The molecule has 130 valence electrons. The number of esters is 2. The minimum Gasteiger partial charge on any atom is -0.458 e. The van der Waals surface area contributed by atoms with Gasteiger partial charge in [-0.3, -0.25) is 0 Å². The molecule has 0 radical (unpaired) electrons. The van der Waals surface area contributed by atoms with Gasteiger partial charge in [0.1, 0.15) is 12.2 Å². The molecule has 1 saturated carbocycles. The fourth-order valence-electron chi connectivity index (χ4n) is 4.38. The Morgan fingerprint density at radius 1 is 1.46 bits per heavy atom. The largest absolute Gasteiger partial charge is 0.458 e. The fourth-order valence-corrected chi connectivity index (χ4v) is 4.38. The van der Waals surface area contributed by atoms with E-state index in [-0.39, 0.29) is 35.5 Å². The van der Waals surface area contributed by atoms with Crippen LogP contribution in [0.25, 0.3) is 0 Å². The van der Waals surface area contributed by atoms with E-state index in [1.165, 1.54) is 5.57 Å². The first kappa shape index (κ1) is 17.0. The van der Waals surface area contributed by atoms with Crippen LogP contribution < -0.4 is 0 Å². The highest BCUT2D eigenvalue weighted by atomic mass is 16.6. The van der Waals surface area contributed by atoms with Crippen LogP contribution >= 0.6 is 0 Å². The molecule has 1 heterocycles. The molecule has 3 rings (SSSR count). The van der Waals surface area contributed by atoms with Crippen molar-refractivity contribution in [2.24, 2.45) is 11.3 Å². The SMILES string of the molecule is C=C1C(=O)OC2CC3(C)CCC(OC(=O)C(C)=CC)C(C)=C3CC12. The molecule has 2 fully saturated rings. The monoisotopic (exact) mass is 330 g/mol. The molecule has 1 saturated heterocycles. The molecule has 4 unspecified atom stereocenters. The Hall–Kier alpha value is -1.84. The van der Waals surface area contributed by atoms with Crippen molar-refractivity contribution in [2.75, 3.05) is 0 Å². The van der Waals surface area contributed by atoms with E-state index in [1.54, 1.807) is 13.0 Å². The lowest BCUT2D eigenvalue weighted by Crippen LogP contribution is -2.41. The number of hydrogen-bond acceptors (Lipinski definition) is 4. The summed E-state index contributed by atoms with van der Waals surface area (Å²) in [5.41, 5.74) is 3.71. The van der Waals surface area contributed by atoms with Crippen LogP contribution in [0.15, 0.2) is 34.9 Å². The average Bonchev–Trinajstić information content (AvgIpc) is 2.81. The van der Waals surface area contributed by atoms with E-state index in [0.29, 0.717) is 11.1 Å². The minimum absolute atomic E-state index is 0.0225. The third-order valence-electron chi connectivity index (χ3n) is 6.14. The number of carbonyl (C=O) groups excluding carboxylic acids is 2. The lowest BCUT2D eigenvalue weighted by atomic mass is 9.60. The van der Waals surface area contributed by atoms with Gasteiger partial charge in [0.2, 0.25) is 0 Å². The Bertz CT molecular complexity index is 669. The molecule has 0 aromatic heterocycles. The van der Waals surface area contributed by atoms with Crippen LogP contribution in [0.3, 0.4) is 0 Å². The van der Waals surface area contributed by atoms with Gasteiger partial charge in [-0.25, -0.2) is 9.59 Å². The molecule has 4 atom stereocenters. The molecular formula is C20H26O4. The Labute approximate surface area is 143 Å². The Kier molecular flexibility index (Phi) is 4.18. The molecule has 0 amide bonds. The van der Waals surface area contributed by atoms with Gasteiger partial charge in [-0.1, -0.05) is 25.2 Å². The molecule has 0 spiro atoms. The predicted octanol–water partition coefficient (Wildman–Crippen LogP) is 3.87. The fraction of sp³-hybridized carbons (Fsp3) is 0.600. The topological polar surface area (TPSA) is 52.6 Å². The Balaban J connectivity index is 1.87. The van der Waals surface area contributed by atoms with Gasteiger partial charge in [-0.2, -0.15) is 0 Å². The van der Waals surface area contributed by atoms with Crippen molar-refractivity contribution in [3.05, 3.63) is 34.9 Å². The van der Waals surface area contributed by atoms with Crippen LogP contribution in [-0.2, 0) is 19.1 Å². The molecule has 0 N–H and O–H groups in total. The maximum absolute atomic E-state index is 12.1. The number of carbonyl (C=O) groups is 2. The highest BCUT2D eigenvalue weighted by molar-refractivity contribution is 5.91. The highest BCUT2D eigenvalue weighted by Crippen LogP contribution is 2.55. The van der Waals surface area contributed by atoms with E-state index in [4.69, 9.17) is 9.47 Å². The third-order valence-corrected chi connectivity index (χ3v) is 6.14. The van der Waals surface area contributed by atoms with E-state index < -0.39 is 0 Å². The molecule has 24 heavy (non-hydrogen) atoms. The van der Waals surface area contributed by atoms with Crippen LogP contribution in [-0.4, -0.2) is 24.1 Å². The van der Waals surface area contributed by atoms with Crippen molar-refractivity contribution < 1.29 is 19.1 Å². The van der Waals surface area contributed by atoms with Crippen molar-refractivity contribution >= 4 is 11.9 Å². The van der Waals surface area contributed by atoms with E-state index in [2.05, 4.69) is 20.4 Å². The summed E-state index contributed by atoms with van der Waals surface area (Å²) in [5.74, 6) is -0.428. The molecule has 4 nitrogen and oxygen atoms in total. The quantitative estimate of drug-likeness (QED) is 0.438. The highest BCUT2D eigenvalue weighted by Gasteiger charge is 2.51. The maximum atomic E-state index is 12.1. The van der Waals surface area contributed by atoms with Crippen molar-refractivity contribution in [3.8, 4) is 0 Å². The molecule has 0 aromatic rings. The van der Waals surface area contributed by atoms with Crippen LogP contribution in [0.5, 0.6) is 0 Å². The lowest BCUT2D eigenvalue weighted by Gasteiger charge is -2.46. The smallest absolute Gasteiger partial charge is 0.334 e. The van der Waals surface area contributed by atoms with E-state index in [1.807, 2.05) is 6.92 Å². The first-order valence-electron chi connectivity index (χ1n) is 8.70. The van der Waals surface area contributed by atoms with E-state index in [9.17, 15) is 9.59 Å². The summed E-state index contributed by atoms with van der Waals surface area (Å²) in [6, 6.07) is 0. The van der Waals surface area contributed by atoms with E-state index >= 15 is 0 Å². The zero-order valence-corrected chi connectivity index (χ0v) is 15.0. The van der Waals surface area contributed by atoms with Gasteiger partial charge >= 0.3 is 11.9 Å². The van der Waals surface area contributed by atoms with Gasteiger partial charge in [0.25, 0.3) is 0 Å². The van der Waals surface area contributed by atoms with Gasteiger partial charge in [-0.15, -0.1) is 0 Å². The zero-order valence-electron chi connectivity index (χ0n) is 15.0. The number of hydrogen-bond donors (Lipinski definition) is 0. The summed E-state index contributed by atoms with van der Waals surface area (Å²) >= 11 is 0. The molecular weight excluding hydrogens is 304 g/mol. The molecule has 0 aromatic carbocycles. The van der Waals surface area contributed by atoms with Crippen LogP contribution in [0, 0.1) is 11.3 Å². The summed E-state index contributed by atoms with van der Waals surface area (Å²) in [4.78, 5) is 23.9. The summed E-state index contributed by atoms with van der Waals surface area (Å²) in [6.07, 6.45) is 4.95. The first-order valence-corrected chi connectivity index (χ1v) is 8.70. The first-order chi connectivity index (χ1) is 11.3. The third kappa shape index (κ3) is 2.62. The maximum Gasteiger partial charge on any atom is 0.334 e. The average molecular weight is 330 g/mol. The van der Waals surface area contributed by atoms with Gasteiger partial charge in [0.05, 0.1) is 0 Å². The predicted molar refractivity (Wildman–Crippen MR) is 91.1 cm³/mol. The molecule has 2 aliphatic carbocycles. The molecule has 4 heteroatoms. The summed E-state index contributed by atoms with van der Waals surface area (Å²) in [5, 5.41) is 0. The number of ether oxygens (including phenoxy) is 2. The summed E-state index contributed by atoms with van der Waals surface area (Å²) < 4.78 is 11.2. The second-order valence-electron chi connectivity index (χ2n) is 7.61. The minimum atomic E-state index is -0.253. The standard InChI is InChI=1S/C20H26O4/c1-6-11(2)18(21)23-16-7-8-20(5)10-17-14(9-15(20)13(16)4)12(3)19(22)24-17/h6,14,16-17H,3,7-10H2,1-2,4-5H3. The van der Waals surface area contributed by atoms with Crippen molar-refractivity contribution in [1.82, 2.24) is 0 Å². The normalized spacial score (nSPS) is 36.2. The summed E-state index contributed by atoms with van der Waals surface area (Å²) in [7, 11) is 0. The van der Waals surface area contributed by atoms with Crippen molar-refractivity contribution in [1.29, 1.82) is 0 Å². The van der Waals surface area contributed by atoms with Gasteiger partial charge in [0, 0.05) is 17.1 Å². The number of allylic oxidation sites excluding steroid dienone is 2. The van der Waals surface area contributed by atoms with Crippen molar-refractivity contribution in [2.45, 2.75) is 65.6 Å².